The maximum Gasteiger partial charge on any atom is 0.321 e. The summed E-state index contributed by atoms with van der Waals surface area (Å²) in [6, 6.07) is -0.176. The van der Waals surface area contributed by atoms with Crippen molar-refractivity contribution in [3.05, 3.63) is 5.51 Å². The maximum absolute atomic E-state index is 12.0. The molecule has 2 N–H and O–H groups in total. The Morgan fingerprint density at radius 2 is 2.10 bits per heavy atom. The lowest BCUT2D eigenvalue weighted by molar-refractivity contribution is 0.105. The van der Waals surface area contributed by atoms with Crippen LogP contribution in [-0.4, -0.2) is 57.8 Å². The molecular formula is C13H21N5OS2. The minimum atomic E-state index is -0.176. The number of carbonyl (C=O) groups is 1. The van der Waals surface area contributed by atoms with Crippen molar-refractivity contribution in [3.8, 4) is 0 Å². The van der Waals surface area contributed by atoms with Crippen LogP contribution in [0.25, 0.3) is 0 Å². The number of rotatable bonds is 4. The number of hydrogen-bond donors (Lipinski definition) is 2. The summed E-state index contributed by atoms with van der Waals surface area (Å²) in [5, 5.41) is 13.9. The first-order chi connectivity index (χ1) is 10.3. The van der Waals surface area contributed by atoms with E-state index in [-0.39, 0.29) is 11.6 Å². The number of thioether (sulfide) groups is 1. The van der Waals surface area contributed by atoms with Crippen LogP contribution in [0, 0.1) is 0 Å². The zero-order valence-corrected chi connectivity index (χ0v) is 13.6. The molecule has 1 aliphatic heterocycles. The predicted molar refractivity (Wildman–Crippen MR) is 87.0 cm³/mol. The molecule has 3 rings (SSSR count). The van der Waals surface area contributed by atoms with E-state index in [4.69, 9.17) is 0 Å². The number of carbonyl (C=O) groups excluding carboxylic acids is 1. The van der Waals surface area contributed by atoms with Crippen molar-refractivity contribution < 1.29 is 4.79 Å². The van der Waals surface area contributed by atoms with E-state index in [0.29, 0.717) is 5.13 Å². The smallest absolute Gasteiger partial charge is 0.321 e. The molecule has 21 heavy (non-hydrogen) atoms. The van der Waals surface area contributed by atoms with Gasteiger partial charge in [-0.2, -0.15) is 11.8 Å². The summed E-state index contributed by atoms with van der Waals surface area (Å²) in [7, 11) is 0. The van der Waals surface area contributed by atoms with Crippen LogP contribution in [0.4, 0.5) is 9.93 Å². The standard InChI is InChI=1S/C13H21N5OS2/c19-11(16-12-17-15-10-21-12)14-9-13(3-1-2-4-13)18-5-7-20-8-6-18/h10H,1-9H2,(H2,14,16,17,19). The normalized spacial score (nSPS) is 22.1. The molecule has 0 spiro atoms. The highest BCUT2D eigenvalue weighted by molar-refractivity contribution is 7.99. The fraction of sp³-hybridized carbons (Fsp3) is 0.769. The summed E-state index contributed by atoms with van der Waals surface area (Å²) in [6.45, 7) is 3.01. The Kier molecular flexibility index (Phi) is 4.97. The first kappa shape index (κ1) is 15.1. The monoisotopic (exact) mass is 327 g/mol. The molecular weight excluding hydrogens is 306 g/mol. The van der Waals surface area contributed by atoms with Gasteiger partial charge in [-0.1, -0.05) is 24.2 Å². The second-order valence-corrected chi connectivity index (χ2v) is 7.64. The van der Waals surface area contributed by atoms with Crippen molar-refractivity contribution in [2.75, 3.05) is 36.5 Å². The molecule has 6 nitrogen and oxygen atoms in total. The maximum atomic E-state index is 12.0. The van der Waals surface area contributed by atoms with E-state index in [2.05, 4.69) is 25.7 Å². The number of nitrogens with one attached hydrogen (secondary N) is 2. The highest BCUT2D eigenvalue weighted by Gasteiger charge is 2.40. The van der Waals surface area contributed by atoms with Crippen LogP contribution >= 0.6 is 23.1 Å². The van der Waals surface area contributed by atoms with E-state index in [9.17, 15) is 4.79 Å². The van der Waals surface area contributed by atoms with Crippen LogP contribution in [0.5, 0.6) is 0 Å². The molecule has 1 aromatic rings. The molecule has 2 amide bonds. The number of anilines is 1. The lowest BCUT2D eigenvalue weighted by Crippen LogP contribution is -2.56. The van der Waals surface area contributed by atoms with Gasteiger partial charge >= 0.3 is 6.03 Å². The van der Waals surface area contributed by atoms with Crippen molar-refractivity contribution in [2.45, 2.75) is 31.2 Å². The second kappa shape index (κ2) is 6.93. The van der Waals surface area contributed by atoms with Gasteiger partial charge in [0.1, 0.15) is 5.51 Å². The Labute approximate surface area is 133 Å². The van der Waals surface area contributed by atoms with Crippen LogP contribution < -0.4 is 10.6 Å². The number of amides is 2. The highest BCUT2D eigenvalue weighted by atomic mass is 32.2. The summed E-state index contributed by atoms with van der Waals surface area (Å²) >= 11 is 3.36. The minimum absolute atomic E-state index is 0.166. The predicted octanol–water partition coefficient (Wildman–Crippen LogP) is 2.02. The van der Waals surface area contributed by atoms with E-state index in [1.54, 1.807) is 5.51 Å². The molecule has 0 atom stereocenters. The number of nitrogens with zero attached hydrogens (tertiary/aromatic N) is 3. The van der Waals surface area contributed by atoms with Gasteiger partial charge < -0.3 is 5.32 Å². The number of hydrogen-bond acceptors (Lipinski definition) is 6. The third-order valence-electron chi connectivity index (χ3n) is 4.37. The van der Waals surface area contributed by atoms with E-state index >= 15 is 0 Å². The molecule has 1 saturated carbocycles. The highest BCUT2D eigenvalue weighted by Crippen LogP contribution is 2.36. The first-order valence-corrected chi connectivity index (χ1v) is 9.46. The molecule has 0 unspecified atom stereocenters. The minimum Gasteiger partial charge on any atom is -0.336 e. The van der Waals surface area contributed by atoms with Crippen molar-refractivity contribution in [2.24, 2.45) is 0 Å². The van der Waals surface area contributed by atoms with Crippen molar-refractivity contribution >= 4 is 34.3 Å². The fourth-order valence-corrected chi connectivity index (χ4v) is 4.63. The van der Waals surface area contributed by atoms with E-state index in [0.717, 1.165) is 19.6 Å². The lowest BCUT2D eigenvalue weighted by Gasteiger charge is -2.43. The Hall–Kier alpha value is -0.860. The molecule has 116 valence electrons. The lowest BCUT2D eigenvalue weighted by atomic mass is 9.94. The third kappa shape index (κ3) is 3.67. The number of aromatic nitrogens is 2. The summed E-state index contributed by atoms with van der Waals surface area (Å²) in [5.41, 5.74) is 1.78. The molecule has 1 aromatic heterocycles. The van der Waals surface area contributed by atoms with Gasteiger partial charge in [-0.15, -0.1) is 10.2 Å². The Morgan fingerprint density at radius 3 is 2.76 bits per heavy atom. The van der Waals surface area contributed by atoms with Crippen LogP contribution in [-0.2, 0) is 0 Å². The average Bonchev–Trinajstić information content (AvgIpc) is 3.18. The van der Waals surface area contributed by atoms with E-state index < -0.39 is 0 Å². The molecule has 2 fully saturated rings. The summed E-state index contributed by atoms with van der Waals surface area (Å²) < 4.78 is 0. The van der Waals surface area contributed by atoms with Gasteiger partial charge in [0.25, 0.3) is 0 Å². The third-order valence-corrected chi connectivity index (χ3v) is 5.92. The fourth-order valence-electron chi connectivity index (χ4n) is 3.29. The van der Waals surface area contributed by atoms with Gasteiger partial charge in [-0.25, -0.2) is 4.79 Å². The summed E-state index contributed by atoms with van der Waals surface area (Å²) in [5.74, 6) is 2.41. The topological polar surface area (TPSA) is 70.2 Å². The van der Waals surface area contributed by atoms with Gasteiger partial charge in [0.2, 0.25) is 5.13 Å². The molecule has 8 heteroatoms. The Bertz CT molecular complexity index is 455. The molecule has 0 aromatic carbocycles. The molecule has 2 heterocycles. The van der Waals surface area contributed by atoms with E-state index in [1.807, 2.05) is 11.8 Å². The summed E-state index contributed by atoms with van der Waals surface area (Å²) in [4.78, 5) is 14.6. The average molecular weight is 327 g/mol. The van der Waals surface area contributed by atoms with Crippen LogP contribution in [0.3, 0.4) is 0 Å². The Balaban J connectivity index is 1.56. The van der Waals surface area contributed by atoms with Gasteiger partial charge in [0.15, 0.2) is 0 Å². The largest absolute Gasteiger partial charge is 0.336 e. The van der Waals surface area contributed by atoms with Crippen molar-refractivity contribution in [1.82, 2.24) is 20.4 Å². The van der Waals surface area contributed by atoms with Gasteiger partial charge in [-0.3, -0.25) is 10.2 Å². The molecule has 1 aliphatic carbocycles. The molecule has 2 aliphatic rings. The van der Waals surface area contributed by atoms with Crippen molar-refractivity contribution in [1.29, 1.82) is 0 Å². The first-order valence-electron chi connectivity index (χ1n) is 7.42. The van der Waals surface area contributed by atoms with Gasteiger partial charge in [0.05, 0.1) is 0 Å². The SMILES string of the molecule is O=C(NCC1(N2CCSCC2)CCCC1)Nc1nncs1. The zero-order chi connectivity index (χ0) is 14.5. The van der Waals surface area contributed by atoms with E-state index in [1.165, 1.54) is 48.5 Å². The van der Waals surface area contributed by atoms with Gasteiger partial charge in [0, 0.05) is 36.7 Å². The van der Waals surface area contributed by atoms with Crippen LogP contribution in [0.1, 0.15) is 25.7 Å². The van der Waals surface area contributed by atoms with Crippen LogP contribution in [0.2, 0.25) is 0 Å². The zero-order valence-electron chi connectivity index (χ0n) is 12.0. The van der Waals surface area contributed by atoms with Crippen molar-refractivity contribution in [3.63, 3.8) is 0 Å². The van der Waals surface area contributed by atoms with Gasteiger partial charge in [-0.05, 0) is 12.8 Å². The Morgan fingerprint density at radius 1 is 1.33 bits per heavy atom. The second-order valence-electron chi connectivity index (χ2n) is 5.58. The number of urea groups is 1. The molecule has 1 saturated heterocycles. The molecule has 0 radical (unpaired) electrons. The molecule has 0 bridgehead atoms. The van der Waals surface area contributed by atoms with Crippen LogP contribution in [0.15, 0.2) is 5.51 Å². The quantitative estimate of drug-likeness (QED) is 0.885. The summed E-state index contributed by atoms with van der Waals surface area (Å²) in [6.07, 6.45) is 4.92.